The largest absolute Gasteiger partial charge is 0.327 e. The molecule has 1 aromatic rings. The van der Waals surface area contributed by atoms with Crippen LogP contribution >= 0.6 is 23.1 Å². The Morgan fingerprint density at radius 2 is 2.46 bits per heavy atom. The smallest absolute Gasteiger partial charge is 0.0897 e. The molecule has 13 heavy (non-hydrogen) atoms. The standard InChI is InChI=1S/C9H16N2S2/c1-7-11-9(6-13-7)5-8(10)3-4-12-2/h6,8H,3-5,10H2,1-2H3. The van der Waals surface area contributed by atoms with Gasteiger partial charge in [0.15, 0.2) is 0 Å². The molecule has 1 unspecified atom stereocenters. The van der Waals surface area contributed by atoms with Crippen LogP contribution in [0.25, 0.3) is 0 Å². The maximum absolute atomic E-state index is 5.95. The van der Waals surface area contributed by atoms with E-state index in [9.17, 15) is 0 Å². The fourth-order valence-corrected chi connectivity index (χ4v) is 2.31. The van der Waals surface area contributed by atoms with E-state index in [0.29, 0.717) is 0 Å². The average Bonchev–Trinajstić information content (AvgIpc) is 2.48. The fraction of sp³-hybridized carbons (Fsp3) is 0.667. The van der Waals surface area contributed by atoms with Gasteiger partial charge in [-0.05, 0) is 25.4 Å². The highest BCUT2D eigenvalue weighted by Gasteiger charge is 2.05. The van der Waals surface area contributed by atoms with E-state index in [1.54, 1.807) is 11.3 Å². The Bertz CT molecular complexity index is 248. The predicted octanol–water partition coefficient (Wildman–Crippen LogP) is 2.07. The molecule has 74 valence electrons. The summed E-state index contributed by atoms with van der Waals surface area (Å²) < 4.78 is 0. The third-order valence-electron chi connectivity index (χ3n) is 1.83. The first-order chi connectivity index (χ1) is 6.22. The lowest BCUT2D eigenvalue weighted by Crippen LogP contribution is -2.23. The van der Waals surface area contributed by atoms with Gasteiger partial charge in [-0.15, -0.1) is 11.3 Å². The van der Waals surface area contributed by atoms with Gasteiger partial charge in [-0.25, -0.2) is 4.98 Å². The molecule has 0 amide bonds. The Kier molecular flexibility index (Phi) is 4.77. The second-order valence-electron chi connectivity index (χ2n) is 3.10. The van der Waals surface area contributed by atoms with Gasteiger partial charge in [0.1, 0.15) is 0 Å². The van der Waals surface area contributed by atoms with Gasteiger partial charge >= 0.3 is 0 Å². The summed E-state index contributed by atoms with van der Waals surface area (Å²) in [4.78, 5) is 4.39. The molecule has 0 aromatic carbocycles. The lowest BCUT2D eigenvalue weighted by atomic mass is 10.1. The lowest BCUT2D eigenvalue weighted by molar-refractivity contribution is 0.643. The summed E-state index contributed by atoms with van der Waals surface area (Å²) in [6, 6.07) is 0.272. The molecule has 0 aliphatic carbocycles. The Hall–Kier alpha value is -0.0600. The van der Waals surface area contributed by atoms with E-state index >= 15 is 0 Å². The maximum Gasteiger partial charge on any atom is 0.0897 e. The van der Waals surface area contributed by atoms with Gasteiger partial charge in [0.25, 0.3) is 0 Å². The highest BCUT2D eigenvalue weighted by atomic mass is 32.2. The number of aromatic nitrogens is 1. The molecule has 0 spiro atoms. The topological polar surface area (TPSA) is 38.9 Å². The summed E-state index contributed by atoms with van der Waals surface area (Å²) in [5.74, 6) is 1.14. The van der Waals surface area contributed by atoms with Crippen LogP contribution in [0, 0.1) is 6.92 Å². The molecule has 0 radical (unpaired) electrons. The van der Waals surface area contributed by atoms with E-state index in [2.05, 4.69) is 16.6 Å². The zero-order valence-electron chi connectivity index (χ0n) is 8.12. The second kappa shape index (κ2) is 5.62. The summed E-state index contributed by atoms with van der Waals surface area (Å²) in [5.41, 5.74) is 7.10. The van der Waals surface area contributed by atoms with Gasteiger partial charge in [0.2, 0.25) is 0 Å². The van der Waals surface area contributed by atoms with Crippen molar-refractivity contribution < 1.29 is 0 Å². The molecule has 1 rings (SSSR count). The normalized spacial score (nSPS) is 13.2. The van der Waals surface area contributed by atoms with Crippen molar-refractivity contribution in [2.24, 2.45) is 5.73 Å². The molecular weight excluding hydrogens is 200 g/mol. The number of thioether (sulfide) groups is 1. The Labute approximate surface area is 87.9 Å². The van der Waals surface area contributed by atoms with Crippen molar-refractivity contribution in [3.63, 3.8) is 0 Å². The van der Waals surface area contributed by atoms with Crippen LogP contribution in [-0.4, -0.2) is 23.0 Å². The van der Waals surface area contributed by atoms with Crippen molar-refractivity contribution in [3.05, 3.63) is 16.1 Å². The van der Waals surface area contributed by atoms with Crippen molar-refractivity contribution in [1.82, 2.24) is 4.98 Å². The monoisotopic (exact) mass is 216 g/mol. The summed E-state index contributed by atoms with van der Waals surface area (Å²) in [6.45, 7) is 2.03. The molecule has 0 aliphatic heterocycles. The number of nitrogens with two attached hydrogens (primary N) is 1. The molecule has 0 saturated carbocycles. The molecule has 0 aliphatic rings. The number of rotatable bonds is 5. The molecule has 2 nitrogen and oxygen atoms in total. The van der Waals surface area contributed by atoms with E-state index in [1.165, 1.54) is 0 Å². The Morgan fingerprint density at radius 1 is 1.69 bits per heavy atom. The van der Waals surface area contributed by atoms with Gasteiger partial charge in [0.05, 0.1) is 10.7 Å². The van der Waals surface area contributed by atoms with Crippen molar-refractivity contribution in [1.29, 1.82) is 0 Å². The van der Waals surface area contributed by atoms with Crippen LogP contribution in [0.2, 0.25) is 0 Å². The first-order valence-electron chi connectivity index (χ1n) is 4.38. The molecule has 0 bridgehead atoms. The van der Waals surface area contributed by atoms with E-state index in [4.69, 9.17) is 5.73 Å². The van der Waals surface area contributed by atoms with E-state index < -0.39 is 0 Å². The van der Waals surface area contributed by atoms with E-state index in [-0.39, 0.29) is 6.04 Å². The molecular formula is C9H16N2S2. The van der Waals surface area contributed by atoms with Crippen LogP contribution in [-0.2, 0) is 6.42 Å². The predicted molar refractivity (Wildman–Crippen MR) is 61.5 cm³/mol. The van der Waals surface area contributed by atoms with Gasteiger partial charge < -0.3 is 5.73 Å². The number of aryl methyl sites for hydroxylation is 1. The minimum atomic E-state index is 0.272. The summed E-state index contributed by atoms with van der Waals surface area (Å²) in [7, 11) is 0. The summed E-state index contributed by atoms with van der Waals surface area (Å²) in [6.07, 6.45) is 4.11. The van der Waals surface area contributed by atoms with Crippen molar-refractivity contribution >= 4 is 23.1 Å². The highest BCUT2D eigenvalue weighted by Crippen LogP contribution is 2.11. The Morgan fingerprint density at radius 3 is 3.00 bits per heavy atom. The molecule has 2 N–H and O–H groups in total. The summed E-state index contributed by atoms with van der Waals surface area (Å²) in [5, 5.41) is 3.24. The van der Waals surface area contributed by atoms with Crippen molar-refractivity contribution in [2.75, 3.05) is 12.0 Å². The minimum Gasteiger partial charge on any atom is -0.327 e. The lowest BCUT2D eigenvalue weighted by Gasteiger charge is -2.07. The number of hydrogen-bond donors (Lipinski definition) is 1. The SMILES string of the molecule is CSCCC(N)Cc1csc(C)n1. The van der Waals surface area contributed by atoms with Crippen LogP contribution in [0.15, 0.2) is 5.38 Å². The Balaban J connectivity index is 2.31. The van der Waals surface area contributed by atoms with Crippen LogP contribution < -0.4 is 5.73 Å². The van der Waals surface area contributed by atoms with Crippen LogP contribution in [0.4, 0.5) is 0 Å². The number of hydrogen-bond acceptors (Lipinski definition) is 4. The molecule has 0 fully saturated rings. The quantitative estimate of drug-likeness (QED) is 0.819. The van der Waals surface area contributed by atoms with Crippen LogP contribution in [0.5, 0.6) is 0 Å². The number of nitrogens with zero attached hydrogens (tertiary/aromatic N) is 1. The molecule has 1 heterocycles. The van der Waals surface area contributed by atoms with Gasteiger partial charge in [-0.1, -0.05) is 0 Å². The first-order valence-corrected chi connectivity index (χ1v) is 6.65. The zero-order valence-corrected chi connectivity index (χ0v) is 9.75. The fourth-order valence-electron chi connectivity index (χ4n) is 1.14. The third-order valence-corrected chi connectivity index (χ3v) is 3.30. The van der Waals surface area contributed by atoms with Crippen LogP contribution in [0.3, 0.4) is 0 Å². The number of thiazole rings is 1. The van der Waals surface area contributed by atoms with Crippen molar-refractivity contribution in [2.45, 2.75) is 25.8 Å². The van der Waals surface area contributed by atoms with Gasteiger partial charge in [-0.2, -0.15) is 11.8 Å². The molecule has 0 saturated heterocycles. The van der Waals surface area contributed by atoms with Gasteiger partial charge in [0, 0.05) is 17.8 Å². The molecule has 1 atom stereocenters. The minimum absolute atomic E-state index is 0.272. The first kappa shape index (κ1) is 11.0. The summed E-state index contributed by atoms with van der Waals surface area (Å²) >= 11 is 3.55. The average molecular weight is 216 g/mol. The third kappa shape index (κ3) is 4.11. The second-order valence-corrected chi connectivity index (χ2v) is 5.15. The highest BCUT2D eigenvalue weighted by molar-refractivity contribution is 7.98. The van der Waals surface area contributed by atoms with Crippen molar-refractivity contribution in [3.8, 4) is 0 Å². The van der Waals surface area contributed by atoms with E-state index in [1.807, 2.05) is 18.7 Å². The molecule has 1 aromatic heterocycles. The maximum atomic E-state index is 5.95. The molecule has 4 heteroatoms. The van der Waals surface area contributed by atoms with Crippen LogP contribution in [0.1, 0.15) is 17.1 Å². The van der Waals surface area contributed by atoms with Gasteiger partial charge in [-0.3, -0.25) is 0 Å². The zero-order chi connectivity index (χ0) is 9.68. The van der Waals surface area contributed by atoms with E-state index in [0.717, 1.165) is 29.3 Å².